The Morgan fingerprint density at radius 3 is 1.92 bits per heavy atom. The van der Waals surface area contributed by atoms with Crippen molar-refractivity contribution < 1.29 is 0 Å². The molecule has 0 bridgehead atoms. The number of nitrogens with zero attached hydrogens (tertiary/aromatic N) is 3. The second-order valence-corrected chi connectivity index (χ2v) is 2.10. The van der Waals surface area contributed by atoms with Crippen LogP contribution >= 0.6 is 0 Å². The van der Waals surface area contributed by atoms with Gasteiger partial charge in [0.1, 0.15) is 0 Å². The molecule has 0 aliphatic heterocycles. The normalized spacial score (nSPS) is 7.75. The highest BCUT2D eigenvalue weighted by Gasteiger charge is 1.98. The summed E-state index contributed by atoms with van der Waals surface area (Å²) < 4.78 is 0. The third kappa shape index (κ3) is 1.40. The van der Waals surface area contributed by atoms with Crippen LogP contribution < -0.4 is 0 Å². The third-order valence-electron chi connectivity index (χ3n) is 1.31. The van der Waals surface area contributed by atoms with Gasteiger partial charge in [0.2, 0.25) is 0 Å². The summed E-state index contributed by atoms with van der Waals surface area (Å²) in [5.74, 6) is 0. The molecule has 0 saturated carbocycles. The van der Waals surface area contributed by atoms with E-state index in [9.17, 15) is 0 Å². The number of hydrogen-bond acceptors (Lipinski definition) is 2. The van der Waals surface area contributed by atoms with Crippen LogP contribution in [0.3, 0.4) is 0 Å². The number of rotatable bonds is 0. The lowest BCUT2D eigenvalue weighted by molar-refractivity contribution is 1.45. The monoisotopic (exact) mass is 153 g/mol. The van der Waals surface area contributed by atoms with E-state index in [1.807, 2.05) is 12.1 Å². The zero-order valence-corrected chi connectivity index (χ0v) is 6.07. The fourth-order valence-electron chi connectivity index (χ4n) is 0.805. The van der Waals surface area contributed by atoms with E-state index in [1.165, 1.54) is 18.2 Å². The van der Waals surface area contributed by atoms with Crippen molar-refractivity contribution in [1.82, 2.24) is 0 Å². The molecule has 0 atom stereocenters. The summed E-state index contributed by atoms with van der Waals surface area (Å²) >= 11 is 0. The van der Waals surface area contributed by atoms with Gasteiger partial charge in [-0.3, -0.25) is 0 Å². The van der Waals surface area contributed by atoms with E-state index >= 15 is 0 Å². The van der Waals surface area contributed by atoms with Crippen LogP contribution in [0.4, 0.5) is 5.69 Å². The van der Waals surface area contributed by atoms with E-state index in [4.69, 9.17) is 17.1 Å². The van der Waals surface area contributed by atoms with Crippen LogP contribution in [0, 0.1) is 29.2 Å². The first-order chi connectivity index (χ1) is 5.80. The average molecular weight is 153 g/mol. The predicted molar refractivity (Wildman–Crippen MR) is 42.1 cm³/mol. The highest BCUT2D eigenvalue weighted by atomic mass is 14.6. The molecular formula is C9H3N3. The van der Waals surface area contributed by atoms with E-state index in [0.717, 1.165) is 0 Å². The van der Waals surface area contributed by atoms with Crippen molar-refractivity contribution in [1.29, 1.82) is 10.5 Å². The van der Waals surface area contributed by atoms with Crippen molar-refractivity contribution in [3.8, 4) is 12.1 Å². The van der Waals surface area contributed by atoms with Gasteiger partial charge in [0.15, 0.2) is 5.69 Å². The van der Waals surface area contributed by atoms with E-state index in [1.54, 1.807) is 0 Å². The maximum atomic E-state index is 8.52. The summed E-state index contributed by atoms with van der Waals surface area (Å²) in [5, 5.41) is 17.0. The Morgan fingerprint density at radius 2 is 1.58 bits per heavy atom. The SMILES string of the molecule is [C-]#[N+]c1cc(C#N)cc(C#N)c1. The van der Waals surface area contributed by atoms with Crippen molar-refractivity contribution in [2.24, 2.45) is 0 Å². The Kier molecular flexibility index (Phi) is 2.07. The molecule has 0 fully saturated rings. The van der Waals surface area contributed by atoms with Crippen molar-refractivity contribution >= 4 is 5.69 Å². The van der Waals surface area contributed by atoms with E-state index in [0.29, 0.717) is 16.8 Å². The molecule has 0 radical (unpaired) electrons. The molecule has 1 rings (SSSR count). The Labute approximate surface area is 69.9 Å². The Balaban J connectivity index is 3.36. The molecule has 54 valence electrons. The highest BCUT2D eigenvalue weighted by molar-refractivity contribution is 5.55. The molecule has 1 aromatic rings. The molecule has 0 spiro atoms. The molecule has 0 aliphatic rings. The summed E-state index contributed by atoms with van der Waals surface area (Å²) in [4.78, 5) is 3.14. The molecule has 3 heteroatoms. The molecule has 3 nitrogen and oxygen atoms in total. The zero-order valence-electron chi connectivity index (χ0n) is 6.07. The first-order valence-electron chi connectivity index (χ1n) is 3.13. The van der Waals surface area contributed by atoms with Crippen LogP contribution in [0.5, 0.6) is 0 Å². The van der Waals surface area contributed by atoms with E-state index in [2.05, 4.69) is 4.85 Å². The molecule has 0 N–H and O–H groups in total. The van der Waals surface area contributed by atoms with Gasteiger partial charge in [-0.15, -0.1) is 0 Å². The lowest BCUT2D eigenvalue weighted by atomic mass is 10.1. The van der Waals surface area contributed by atoms with Gasteiger partial charge in [-0.25, -0.2) is 4.85 Å². The average Bonchev–Trinajstić information content (AvgIpc) is 2.16. The maximum absolute atomic E-state index is 8.52. The molecule has 0 amide bonds. The molecule has 1 aromatic carbocycles. The zero-order chi connectivity index (χ0) is 8.97. The highest BCUT2D eigenvalue weighted by Crippen LogP contribution is 2.16. The van der Waals surface area contributed by atoms with Crippen LogP contribution in [0.1, 0.15) is 11.1 Å². The fraction of sp³-hybridized carbons (Fsp3) is 0. The summed E-state index contributed by atoms with van der Waals surface area (Å²) in [6.07, 6.45) is 0. The van der Waals surface area contributed by atoms with Crippen molar-refractivity contribution in [2.75, 3.05) is 0 Å². The Hall–Kier alpha value is -2.31. The molecule has 0 heterocycles. The van der Waals surface area contributed by atoms with Crippen molar-refractivity contribution in [3.05, 3.63) is 40.7 Å². The Morgan fingerprint density at radius 1 is 1.08 bits per heavy atom. The third-order valence-corrected chi connectivity index (χ3v) is 1.31. The van der Waals surface area contributed by atoms with E-state index < -0.39 is 0 Å². The molecule has 0 unspecified atom stereocenters. The molecule has 12 heavy (non-hydrogen) atoms. The standard InChI is InChI=1S/C9H3N3/c1-12-9-3-7(5-10)2-8(4-9)6-11/h2-4H. The number of nitriles is 2. The lowest BCUT2D eigenvalue weighted by Gasteiger charge is -1.91. The minimum Gasteiger partial charge on any atom is -0.238 e. The second-order valence-electron chi connectivity index (χ2n) is 2.10. The molecule has 0 aromatic heterocycles. The Bertz CT molecular complexity index is 348. The van der Waals surface area contributed by atoms with Gasteiger partial charge >= 0.3 is 0 Å². The smallest absolute Gasteiger partial charge is 0.189 e. The minimum atomic E-state index is 0.325. The van der Waals surface area contributed by atoms with Gasteiger partial charge in [-0.05, 0) is 18.2 Å². The summed E-state index contributed by atoms with van der Waals surface area (Å²) in [5.41, 5.74) is 1.02. The van der Waals surface area contributed by atoms with Crippen LogP contribution in [-0.4, -0.2) is 0 Å². The van der Waals surface area contributed by atoms with Gasteiger partial charge < -0.3 is 0 Å². The second kappa shape index (κ2) is 3.19. The van der Waals surface area contributed by atoms with Crippen molar-refractivity contribution in [3.63, 3.8) is 0 Å². The minimum absolute atomic E-state index is 0.325. The molecule has 0 aliphatic carbocycles. The number of benzene rings is 1. The fourth-order valence-corrected chi connectivity index (χ4v) is 0.805. The lowest BCUT2D eigenvalue weighted by Crippen LogP contribution is -1.77. The summed E-state index contributed by atoms with van der Waals surface area (Å²) in [6.45, 7) is 6.69. The van der Waals surface area contributed by atoms with Gasteiger partial charge in [0.25, 0.3) is 0 Å². The van der Waals surface area contributed by atoms with Gasteiger partial charge in [0, 0.05) is 11.1 Å². The largest absolute Gasteiger partial charge is 0.238 e. The van der Waals surface area contributed by atoms with Gasteiger partial charge in [0.05, 0.1) is 18.7 Å². The van der Waals surface area contributed by atoms with Gasteiger partial charge in [-0.1, -0.05) is 0 Å². The van der Waals surface area contributed by atoms with Crippen molar-refractivity contribution in [2.45, 2.75) is 0 Å². The molecular weight excluding hydrogens is 150 g/mol. The topological polar surface area (TPSA) is 51.9 Å². The van der Waals surface area contributed by atoms with Crippen LogP contribution in [-0.2, 0) is 0 Å². The van der Waals surface area contributed by atoms with Crippen LogP contribution in [0.25, 0.3) is 4.85 Å². The quantitative estimate of drug-likeness (QED) is 0.535. The van der Waals surface area contributed by atoms with E-state index in [-0.39, 0.29) is 0 Å². The first-order valence-corrected chi connectivity index (χ1v) is 3.13. The van der Waals surface area contributed by atoms with Crippen LogP contribution in [0.2, 0.25) is 0 Å². The maximum Gasteiger partial charge on any atom is 0.189 e. The van der Waals surface area contributed by atoms with Gasteiger partial charge in [-0.2, -0.15) is 10.5 Å². The summed E-state index contributed by atoms with van der Waals surface area (Å²) in [7, 11) is 0. The van der Waals surface area contributed by atoms with Crippen LogP contribution in [0.15, 0.2) is 18.2 Å². The summed E-state index contributed by atoms with van der Waals surface area (Å²) in [6, 6.07) is 8.12. The molecule has 0 saturated heterocycles. The first kappa shape index (κ1) is 7.79. The number of hydrogen-bond donors (Lipinski definition) is 0. The predicted octanol–water partition coefficient (Wildman–Crippen LogP) is 1.98.